The van der Waals surface area contributed by atoms with Gasteiger partial charge in [0.1, 0.15) is 0 Å². The van der Waals surface area contributed by atoms with Crippen LogP contribution in [-0.2, 0) is 0 Å². The number of hydrogen-bond donors (Lipinski definition) is 0. The lowest BCUT2D eigenvalue weighted by Gasteiger charge is -1.76. The number of rotatable bonds is 2. The lowest BCUT2D eigenvalue weighted by atomic mass is 10.4. The second-order valence-corrected chi connectivity index (χ2v) is 1.04. The molecule has 0 bridgehead atoms. The Bertz CT molecular complexity index is 11.1. The van der Waals surface area contributed by atoms with Crippen molar-refractivity contribution < 1.29 is 4.39 Å². The van der Waals surface area contributed by atoms with Crippen molar-refractivity contribution in [2.75, 3.05) is 6.67 Å². The lowest BCUT2D eigenvalue weighted by molar-refractivity contribution is 0.469. The van der Waals surface area contributed by atoms with E-state index in [1.165, 1.54) is 0 Å². The molecule has 0 unspecified atom stereocenters. The van der Waals surface area contributed by atoms with Gasteiger partial charge in [0.2, 0.25) is 0 Å². The van der Waals surface area contributed by atoms with Crippen molar-refractivity contribution in [1.82, 2.24) is 0 Å². The van der Waals surface area contributed by atoms with E-state index in [4.69, 9.17) is 0 Å². The topological polar surface area (TPSA) is 0 Å². The summed E-state index contributed by atoms with van der Waals surface area (Å²) in [5.41, 5.74) is 0. The van der Waals surface area contributed by atoms with Crippen molar-refractivity contribution in [3.05, 3.63) is 0 Å². The van der Waals surface area contributed by atoms with Gasteiger partial charge in [0.15, 0.2) is 0 Å². The van der Waals surface area contributed by atoms with Crippen LogP contribution in [0.2, 0.25) is 0 Å². The third-order valence-corrected chi connectivity index (χ3v) is 0.487. The highest BCUT2D eigenvalue weighted by Gasteiger charge is 1.71. The van der Waals surface area contributed by atoms with Crippen LogP contribution in [-0.4, -0.2) is 6.67 Å². The Morgan fingerprint density at radius 2 is 2.20 bits per heavy atom. The SMILES string of the molecule is CCCC[19F]. The molecule has 5 heavy (non-hydrogen) atoms. The first-order valence-corrected chi connectivity index (χ1v) is 1.97. The normalized spacial score (nSPS) is 8.40. The zero-order valence-electron chi connectivity index (χ0n) is 3.50. The molecule has 0 fully saturated rings. The summed E-state index contributed by atoms with van der Waals surface area (Å²) in [7, 11) is 0. The molecule has 0 N–H and O–H groups in total. The largest absolute Gasteiger partial charge is 0.251 e. The van der Waals surface area contributed by atoms with Gasteiger partial charge in [0, 0.05) is 0 Å². The third kappa shape index (κ3) is 3.93. The number of hydrogen-bond acceptors (Lipinski definition) is 0. The van der Waals surface area contributed by atoms with Gasteiger partial charge in [-0.25, -0.2) is 0 Å². The van der Waals surface area contributed by atoms with E-state index < -0.39 is 0 Å². The summed E-state index contributed by atoms with van der Waals surface area (Å²) in [4.78, 5) is 0. The number of unbranched alkanes of at least 4 members (excludes halogenated alkanes) is 1. The molecule has 0 rings (SSSR count). The fourth-order valence-electron chi connectivity index (χ4n) is 0.134. The molecule has 0 aliphatic carbocycles. The molecule has 0 heterocycles. The van der Waals surface area contributed by atoms with Gasteiger partial charge in [-0.1, -0.05) is 13.3 Å². The van der Waals surface area contributed by atoms with Gasteiger partial charge in [-0.15, -0.1) is 0 Å². The molecular formula is C4H9F. The summed E-state index contributed by atoms with van der Waals surface area (Å²) in [6.07, 6.45) is 1.69. The van der Waals surface area contributed by atoms with Gasteiger partial charge in [0.05, 0.1) is 6.67 Å². The molecule has 0 saturated heterocycles. The van der Waals surface area contributed by atoms with Gasteiger partial charge < -0.3 is 0 Å². The second kappa shape index (κ2) is 3.93. The Morgan fingerprint density at radius 1 is 1.60 bits per heavy atom. The van der Waals surface area contributed by atoms with Gasteiger partial charge in [0.25, 0.3) is 0 Å². The van der Waals surface area contributed by atoms with Crippen LogP contribution >= 0.6 is 0 Å². The van der Waals surface area contributed by atoms with Crippen LogP contribution in [0.4, 0.5) is 4.39 Å². The highest BCUT2D eigenvalue weighted by atomic mass is 19.1. The van der Waals surface area contributed by atoms with Crippen LogP contribution in [0.15, 0.2) is 0 Å². The predicted molar refractivity (Wildman–Crippen MR) is 20.9 cm³/mol. The Balaban J connectivity index is 2.19. The van der Waals surface area contributed by atoms with Crippen molar-refractivity contribution in [3.63, 3.8) is 0 Å². The third-order valence-electron chi connectivity index (χ3n) is 0.487. The fraction of sp³-hybridized carbons (Fsp3) is 1.00. The molecule has 32 valence electrons. The molecule has 0 spiro atoms. The van der Waals surface area contributed by atoms with E-state index in [-0.39, 0.29) is 6.67 Å². The van der Waals surface area contributed by atoms with Gasteiger partial charge in [-0.3, -0.25) is 4.39 Å². The van der Waals surface area contributed by atoms with Crippen LogP contribution in [0.1, 0.15) is 19.8 Å². The van der Waals surface area contributed by atoms with E-state index in [1.54, 1.807) is 0 Å². The van der Waals surface area contributed by atoms with Gasteiger partial charge in [-0.2, -0.15) is 0 Å². The molecule has 0 atom stereocenters. The van der Waals surface area contributed by atoms with E-state index >= 15 is 0 Å². The Kier molecular flexibility index (Phi) is 3.87. The first kappa shape index (κ1) is 4.93. The molecule has 1 heteroatoms. The van der Waals surface area contributed by atoms with Crippen LogP contribution in [0.3, 0.4) is 0 Å². The van der Waals surface area contributed by atoms with Crippen LogP contribution < -0.4 is 0 Å². The average Bonchev–Trinajstić information content (AvgIpc) is 1.41. The van der Waals surface area contributed by atoms with Gasteiger partial charge in [-0.05, 0) is 6.42 Å². The average molecular weight is 76.1 g/mol. The van der Waals surface area contributed by atoms with Crippen LogP contribution in [0.5, 0.6) is 0 Å². The van der Waals surface area contributed by atoms with Crippen molar-refractivity contribution in [2.24, 2.45) is 0 Å². The van der Waals surface area contributed by atoms with Crippen molar-refractivity contribution in [2.45, 2.75) is 19.8 Å². The quantitative estimate of drug-likeness (QED) is 0.470. The summed E-state index contributed by atoms with van der Waals surface area (Å²) < 4.78 is 11.0. The molecule has 0 amide bonds. The second-order valence-electron chi connectivity index (χ2n) is 1.04. The first-order chi connectivity index (χ1) is 2.41. The smallest absolute Gasteiger partial charge is 0.0894 e. The van der Waals surface area contributed by atoms with Gasteiger partial charge >= 0.3 is 0 Å². The number of alkyl halides is 1. The maximum atomic E-state index is 11.0. The lowest BCUT2D eigenvalue weighted by Crippen LogP contribution is -1.67. The zero-order chi connectivity index (χ0) is 4.12. The van der Waals surface area contributed by atoms with E-state index in [9.17, 15) is 4.39 Å². The predicted octanol–water partition coefficient (Wildman–Crippen LogP) is 1.76. The molecular weight excluding hydrogens is 67.0 g/mol. The minimum Gasteiger partial charge on any atom is -0.251 e. The van der Waals surface area contributed by atoms with Crippen molar-refractivity contribution in [1.29, 1.82) is 0 Å². The molecule has 0 saturated carbocycles. The maximum Gasteiger partial charge on any atom is 0.0894 e. The summed E-state index contributed by atoms with van der Waals surface area (Å²) in [5, 5.41) is 0. The molecule has 0 radical (unpaired) electrons. The van der Waals surface area contributed by atoms with Crippen molar-refractivity contribution in [3.8, 4) is 0 Å². The summed E-state index contributed by atoms with van der Waals surface area (Å²) in [5.74, 6) is 0. The summed E-state index contributed by atoms with van der Waals surface area (Å²) in [6, 6.07) is 0. The summed E-state index contributed by atoms with van der Waals surface area (Å²) >= 11 is 0. The minimum atomic E-state index is -0.156. The molecule has 0 nitrogen and oxygen atoms in total. The van der Waals surface area contributed by atoms with Crippen LogP contribution in [0, 0.1) is 0 Å². The Hall–Kier alpha value is -0.0700. The first-order valence-electron chi connectivity index (χ1n) is 1.97. The highest BCUT2D eigenvalue weighted by molar-refractivity contribution is 4.23. The van der Waals surface area contributed by atoms with Crippen LogP contribution in [0.25, 0.3) is 0 Å². The highest BCUT2D eigenvalue weighted by Crippen LogP contribution is 1.83. The molecule has 0 aliphatic heterocycles. The monoisotopic (exact) mass is 76.1 g/mol. The van der Waals surface area contributed by atoms with E-state index in [2.05, 4.69) is 0 Å². The molecule has 0 aromatic heterocycles. The number of halogens is 1. The maximum absolute atomic E-state index is 11.0. The molecule has 0 aliphatic rings. The Morgan fingerprint density at radius 3 is 2.20 bits per heavy atom. The summed E-state index contributed by atoms with van der Waals surface area (Å²) in [6.45, 7) is 1.82. The Labute approximate surface area is 32.0 Å². The van der Waals surface area contributed by atoms with E-state index in [1.807, 2.05) is 6.92 Å². The standard InChI is InChI=1S/C4H9F/c1-2-3-4-5/h2-4H2,1H3/i5+0. The van der Waals surface area contributed by atoms with E-state index in [0.717, 1.165) is 12.8 Å². The minimum absolute atomic E-state index is 0.156. The zero-order valence-corrected chi connectivity index (χ0v) is 3.50. The van der Waals surface area contributed by atoms with Crippen molar-refractivity contribution >= 4 is 0 Å². The fourth-order valence-corrected chi connectivity index (χ4v) is 0.134. The molecule has 0 aromatic carbocycles. The molecule has 0 aromatic rings. The van der Waals surface area contributed by atoms with E-state index in [0.29, 0.717) is 0 Å².